The minimum absolute atomic E-state index is 0.00277. The van der Waals surface area contributed by atoms with E-state index in [0.717, 1.165) is 18.7 Å². The summed E-state index contributed by atoms with van der Waals surface area (Å²) < 4.78 is 5.37. The molecular weight excluding hydrogens is 250 g/mol. The van der Waals surface area contributed by atoms with Gasteiger partial charge in [-0.2, -0.15) is 0 Å². The average Bonchev–Trinajstić information content (AvgIpc) is 2.48. The van der Waals surface area contributed by atoms with Crippen LogP contribution in [0.4, 0.5) is 0 Å². The number of rotatable bonds is 9. The molecule has 1 aromatic rings. The molecule has 3 nitrogen and oxygen atoms in total. The largest absolute Gasteiger partial charge is 0.494 e. The molecule has 0 saturated carbocycles. The van der Waals surface area contributed by atoms with Crippen molar-refractivity contribution in [3.05, 3.63) is 29.8 Å². The quantitative estimate of drug-likeness (QED) is 0.740. The third-order valence-electron chi connectivity index (χ3n) is 3.52. The first kappa shape index (κ1) is 16.5. The topological polar surface area (TPSA) is 38.3 Å². The van der Waals surface area contributed by atoms with Crippen LogP contribution in [0.2, 0.25) is 0 Å². The van der Waals surface area contributed by atoms with Gasteiger partial charge in [0.2, 0.25) is 0 Å². The summed E-state index contributed by atoms with van der Waals surface area (Å²) in [5, 5.41) is 3.03. The molecule has 1 N–H and O–H groups in total. The number of nitrogens with one attached hydrogen (secondary N) is 1. The van der Waals surface area contributed by atoms with Gasteiger partial charge in [0.15, 0.2) is 0 Å². The molecule has 0 aliphatic rings. The van der Waals surface area contributed by atoms with Crippen molar-refractivity contribution in [2.45, 2.75) is 46.5 Å². The lowest BCUT2D eigenvalue weighted by atomic mass is 9.99. The average molecular weight is 277 g/mol. The van der Waals surface area contributed by atoms with Gasteiger partial charge in [-0.25, -0.2) is 0 Å². The van der Waals surface area contributed by atoms with E-state index in [-0.39, 0.29) is 5.91 Å². The smallest absolute Gasteiger partial charge is 0.251 e. The van der Waals surface area contributed by atoms with Crippen LogP contribution in [0.15, 0.2) is 24.3 Å². The van der Waals surface area contributed by atoms with Gasteiger partial charge < -0.3 is 10.1 Å². The van der Waals surface area contributed by atoms with Crippen molar-refractivity contribution in [1.29, 1.82) is 0 Å². The number of benzene rings is 1. The summed E-state index contributed by atoms with van der Waals surface area (Å²) in [6, 6.07) is 7.31. The molecule has 0 aromatic heterocycles. The molecule has 0 radical (unpaired) electrons. The summed E-state index contributed by atoms with van der Waals surface area (Å²) in [5.74, 6) is 1.39. The molecule has 0 saturated heterocycles. The molecule has 0 fully saturated rings. The Morgan fingerprint density at radius 3 is 2.45 bits per heavy atom. The minimum atomic E-state index is 0.00277. The number of ether oxygens (including phenoxy) is 1. The second-order valence-electron chi connectivity index (χ2n) is 5.08. The van der Waals surface area contributed by atoms with E-state index in [2.05, 4.69) is 19.2 Å². The van der Waals surface area contributed by atoms with Crippen LogP contribution in [0, 0.1) is 5.92 Å². The number of hydrogen-bond acceptors (Lipinski definition) is 2. The summed E-state index contributed by atoms with van der Waals surface area (Å²) in [4.78, 5) is 12.1. The molecule has 0 spiro atoms. The maximum absolute atomic E-state index is 12.1. The standard InChI is InChI=1S/C17H27NO2/c1-4-7-8-14(5-2)13-18-17(19)15-9-11-16(12-10-15)20-6-3/h9-12,14H,4-8,13H2,1-3H3,(H,18,19)/t14-/m1/s1. The monoisotopic (exact) mass is 277 g/mol. The predicted molar refractivity (Wildman–Crippen MR) is 83.3 cm³/mol. The SMILES string of the molecule is CCCC[C@@H](CC)CNC(=O)c1ccc(OCC)cc1. The van der Waals surface area contributed by atoms with E-state index in [1.54, 1.807) is 0 Å². The first-order valence-electron chi connectivity index (χ1n) is 7.72. The molecule has 3 heteroatoms. The molecule has 1 atom stereocenters. The predicted octanol–water partition coefficient (Wildman–Crippen LogP) is 4.03. The summed E-state index contributed by atoms with van der Waals surface area (Å²) in [5.41, 5.74) is 0.693. The number of carbonyl (C=O) groups excluding carboxylic acids is 1. The summed E-state index contributed by atoms with van der Waals surface area (Å²) >= 11 is 0. The van der Waals surface area contributed by atoms with Crippen LogP contribution >= 0.6 is 0 Å². The van der Waals surface area contributed by atoms with Gasteiger partial charge in [-0.1, -0.05) is 33.1 Å². The fourth-order valence-electron chi connectivity index (χ4n) is 2.15. The Labute approximate surface area is 122 Å². The number of hydrogen-bond donors (Lipinski definition) is 1. The van der Waals surface area contributed by atoms with Crippen molar-refractivity contribution in [2.24, 2.45) is 5.92 Å². The Kier molecular flexibility index (Phi) is 7.78. The molecule has 1 rings (SSSR count). The summed E-state index contributed by atoms with van der Waals surface area (Å²) in [6.45, 7) is 7.74. The van der Waals surface area contributed by atoms with E-state index in [0.29, 0.717) is 18.1 Å². The molecule has 1 amide bonds. The Morgan fingerprint density at radius 1 is 1.20 bits per heavy atom. The second kappa shape index (κ2) is 9.40. The van der Waals surface area contributed by atoms with Gasteiger partial charge in [-0.15, -0.1) is 0 Å². The molecule has 112 valence electrons. The van der Waals surface area contributed by atoms with Crippen LogP contribution in [-0.2, 0) is 0 Å². The fraction of sp³-hybridized carbons (Fsp3) is 0.588. The van der Waals surface area contributed by atoms with E-state index in [4.69, 9.17) is 4.74 Å². The summed E-state index contributed by atoms with van der Waals surface area (Å²) in [6.07, 6.45) is 4.75. The zero-order valence-corrected chi connectivity index (χ0v) is 12.9. The van der Waals surface area contributed by atoms with Gasteiger partial charge in [0.1, 0.15) is 5.75 Å². The molecule has 1 aromatic carbocycles. The highest BCUT2D eigenvalue weighted by molar-refractivity contribution is 5.94. The van der Waals surface area contributed by atoms with Crippen LogP contribution < -0.4 is 10.1 Å². The lowest BCUT2D eigenvalue weighted by Crippen LogP contribution is -2.29. The third kappa shape index (κ3) is 5.64. The second-order valence-corrected chi connectivity index (χ2v) is 5.08. The molecule has 0 unspecified atom stereocenters. The lowest BCUT2D eigenvalue weighted by Gasteiger charge is -2.15. The molecule has 20 heavy (non-hydrogen) atoms. The highest BCUT2D eigenvalue weighted by Gasteiger charge is 2.10. The zero-order chi connectivity index (χ0) is 14.8. The number of unbranched alkanes of at least 4 members (excludes halogenated alkanes) is 1. The molecular formula is C17H27NO2. The maximum atomic E-state index is 12.1. The third-order valence-corrected chi connectivity index (χ3v) is 3.52. The van der Waals surface area contributed by atoms with E-state index in [1.807, 2.05) is 31.2 Å². The lowest BCUT2D eigenvalue weighted by molar-refractivity contribution is 0.0946. The van der Waals surface area contributed by atoms with Crippen LogP contribution in [0.5, 0.6) is 5.75 Å². The van der Waals surface area contributed by atoms with E-state index >= 15 is 0 Å². The van der Waals surface area contributed by atoms with Crippen LogP contribution in [0.1, 0.15) is 56.8 Å². The van der Waals surface area contributed by atoms with Gasteiger partial charge in [0, 0.05) is 12.1 Å². The Morgan fingerprint density at radius 2 is 1.90 bits per heavy atom. The Hall–Kier alpha value is -1.51. The Balaban J connectivity index is 2.45. The molecule has 0 aliphatic carbocycles. The minimum Gasteiger partial charge on any atom is -0.494 e. The normalized spacial score (nSPS) is 11.9. The van der Waals surface area contributed by atoms with Crippen molar-refractivity contribution in [3.8, 4) is 5.75 Å². The maximum Gasteiger partial charge on any atom is 0.251 e. The molecule has 0 bridgehead atoms. The van der Waals surface area contributed by atoms with Crippen LogP contribution in [0.25, 0.3) is 0 Å². The fourth-order valence-corrected chi connectivity index (χ4v) is 2.15. The van der Waals surface area contributed by atoms with Crippen molar-refractivity contribution < 1.29 is 9.53 Å². The van der Waals surface area contributed by atoms with Crippen LogP contribution in [0.3, 0.4) is 0 Å². The zero-order valence-electron chi connectivity index (χ0n) is 12.9. The van der Waals surface area contributed by atoms with Gasteiger partial charge in [0.05, 0.1) is 6.61 Å². The van der Waals surface area contributed by atoms with Crippen LogP contribution in [-0.4, -0.2) is 19.1 Å². The van der Waals surface area contributed by atoms with Gasteiger partial charge >= 0.3 is 0 Å². The van der Waals surface area contributed by atoms with Crippen molar-refractivity contribution in [3.63, 3.8) is 0 Å². The van der Waals surface area contributed by atoms with Gasteiger partial charge in [-0.05, 0) is 43.5 Å². The highest BCUT2D eigenvalue weighted by atomic mass is 16.5. The van der Waals surface area contributed by atoms with Gasteiger partial charge in [-0.3, -0.25) is 4.79 Å². The number of carbonyl (C=O) groups is 1. The van der Waals surface area contributed by atoms with Crippen molar-refractivity contribution >= 4 is 5.91 Å². The number of amides is 1. The van der Waals surface area contributed by atoms with Crippen molar-refractivity contribution in [1.82, 2.24) is 5.32 Å². The van der Waals surface area contributed by atoms with Gasteiger partial charge in [0.25, 0.3) is 5.91 Å². The first-order chi connectivity index (χ1) is 9.71. The molecule has 0 aliphatic heterocycles. The van der Waals surface area contributed by atoms with E-state index in [1.165, 1.54) is 19.3 Å². The van der Waals surface area contributed by atoms with E-state index < -0.39 is 0 Å². The summed E-state index contributed by atoms with van der Waals surface area (Å²) in [7, 11) is 0. The Bertz CT molecular complexity index is 386. The first-order valence-corrected chi connectivity index (χ1v) is 7.72. The molecule has 0 heterocycles. The van der Waals surface area contributed by atoms with E-state index in [9.17, 15) is 4.79 Å². The highest BCUT2D eigenvalue weighted by Crippen LogP contribution is 2.13. The van der Waals surface area contributed by atoms with Crippen molar-refractivity contribution in [2.75, 3.05) is 13.2 Å².